The maximum atomic E-state index is 13.5. The average Bonchev–Trinajstić information content (AvgIpc) is 3.20. The maximum absolute atomic E-state index is 13.5. The average molecular weight is 444 g/mol. The number of rotatable bonds is 5. The minimum atomic E-state index is -0.666. The first-order chi connectivity index (χ1) is 16.0. The van der Waals surface area contributed by atoms with E-state index in [1.807, 2.05) is 43.4 Å². The van der Waals surface area contributed by atoms with Crippen LogP contribution in [-0.2, 0) is 20.0 Å². The second-order valence-electron chi connectivity index (χ2n) is 8.42. The number of amides is 1. The summed E-state index contributed by atoms with van der Waals surface area (Å²) in [5.41, 5.74) is 3.39. The summed E-state index contributed by atoms with van der Waals surface area (Å²) in [5.74, 6) is -0.969. The first-order valence-corrected chi connectivity index (χ1v) is 11.1. The van der Waals surface area contributed by atoms with E-state index in [0.717, 1.165) is 41.1 Å². The first kappa shape index (κ1) is 20.9. The Kier molecular flexibility index (Phi) is 5.20. The van der Waals surface area contributed by atoms with Gasteiger partial charge in [0.2, 0.25) is 5.43 Å². The van der Waals surface area contributed by atoms with E-state index in [0.29, 0.717) is 13.1 Å². The fourth-order valence-corrected chi connectivity index (χ4v) is 4.70. The van der Waals surface area contributed by atoms with Gasteiger partial charge in [0, 0.05) is 25.5 Å². The Hall–Kier alpha value is -3.94. The van der Waals surface area contributed by atoms with Gasteiger partial charge in [-0.3, -0.25) is 14.3 Å². The van der Waals surface area contributed by atoms with Crippen LogP contribution in [-0.4, -0.2) is 42.0 Å². The Labute approximate surface area is 190 Å². The molecule has 1 unspecified atom stereocenters. The van der Waals surface area contributed by atoms with E-state index in [1.54, 1.807) is 15.8 Å². The standard InChI is InChI=1S/C25H25N5O3/c1-3-7-16-8-4-5-9-17(16)14-29-15-21(18-10-6-11-20-19(18)12-26-28(20)2)30-23(25(29)33)24(32)22(31)13-27-30/h4-6,8-13,21,32H,3,7,14-15H2,1-2H3. The number of aromatic nitrogens is 4. The zero-order chi connectivity index (χ0) is 23.1. The Morgan fingerprint density at radius 3 is 2.61 bits per heavy atom. The summed E-state index contributed by atoms with van der Waals surface area (Å²) in [6.45, 7) is 2.87. The monoisotopic (exact) mass is 443 g/mol. The van der Waals surface area contributed by atoms with Crippen molar-refractivity contribution in [1.29, 1.82) is 0 Å². The molecule has 8 heteroatoms. The molecule has 5 rings (SSSR count). The number of nitrogens with zero attached hydrogens (tertiary/aromatic N) is 5. The predicted molar refractivity (Wildman–Crippen MR) is 124 cm³/mol. The molecule has 1 N–H and O–H groups in total. The molecule has 1 aliphatic rings. The Morgan fingerprint density at radius 1 is 1.03 bits per heavy atom. The van der Waals surface area contributed by atoms with E-state index in [1.165, 1.54) is 10.2 Å². The van der Waals surface area contributed by atoms with Crippen molar-refractivity contribution in [2.45, 2.75) is 32.4 Å². The molecular weight excluding hydrogens is 418 g/mol. The molecular formula is C25H25N5O3. The number of hydrogen-bond donors (Lipinski definition) is 1. The van der Waals surface area contributed by atoms with Gasteiger partial charge < -0.3 is 10.0 Å². The summed E-state index contributed by atoms with van der Waals surface area (Å²) in [5, 5.41) is 20.2. The molecule has 8 nitrogen and oxygen atoms in total. The summed E-state index contributed by atoms with van der Waals surface area (Å²) in [6.07, 6.45) is 4.78. The fourth-order valence-electron chi connectivity index (χ4n) is 4.70. The minimum Gasteiger partial charge on any atom is -0.502 e. The highest BCUT2D eigenvalue weighted by atomic mass is 16.3. The van der Waals surface area contributed by atoms with Crippen molar-refractivity contribution in [3.8, 4) is 5.75 Å². The molecule has 0 saturated heterocycles. The van der Waals surface area contributed by atoms with E-state index >= 15 is 0 Å². The number of hydrogen-bond acceptors (Lipinski definition) is 5. The molecule has 3 heterocycles. The van der Waals surface area contributed by atoms with Crippen LogP contribution < -0.4 is 5.43 Å². The lowest BCUT2D eigenvalue weighted by molar-refractivity contribution is 0.0649. The third-order valence-corrected chi connectivity index (χ3v) is 6.35. The predicted octanol–water partition coefficient (Wildman–Crippen LogP) is 3.03. The van der Waals surface area contributed by atoms with E-state index in [2.05, 4.69) is 23.2 Å². The minimum absolute atomic E-state index is 0.0763. The van der Waals surface area contributed by atoms with Gasteiger partial charge in [-0.15, -0.1) is 0 Å². The molecule has 33 heavy (non-hydrogen) atoms. The highest BCUT2D eigenvalue weighted by Gasteiger charge is 2.36. The van der Waals surface area contributed by atoms with Crippen LogP contribution in [0.15, 0.2) is 59.7 Å². The van der Waals surface area contributed by atoms with Gasteiger partial charge in [-0.25, -0.2) is 4.68 Å². The number of carbonyl (C=O) groups is 1. The third-order valence-electron chi connectivity index (χ3n) is 6.35. The van der Waals surface area contributed by atoms with Crippen LogP contribution in [0.4, 0.5) is 0 Å². The number of carbonyl (C=O) groups excluding carboxylic acids is 1. The number of aryl methyl sites for hydroxylation is 2. The van der Waals surface area contributed by atoms with Gasteiger partial charge in [0.25, 0.3) is 5.91 Å². The summed E-state index contributed by atoms with van der Waals surface area (Å²) in [7, 11) is 1.88. The second-order valence-corrected chi connectivity index (χ2v) is 8.42. The van der Waals surface area contributed by atoms with E-state index in [9.17, 15) is 14.7 Å². The Morgan fingerprint density at radius 2 is 1.82 bits per heavy atom. The molecule has 4 aromatic rings. The van der Waals surface area contributed by atoms with Crippen molar-refractivity contribution >= 4 is 16.8 Å². The van der Waals surface area contributed by atoms with Crippen molar-refractivity contribution in [3.63, 3.8) is 0 Å². The Balaban J connectivity index is 1.65. The molecule has 0 saturated carbocycles. The van der Waals surface area contributed by atoms with Gasteiger partial charge in [-0.1, -0.05) is 49.7 Å². The zero-order valence-corrected chi connectivity index (χ0v) is 18.6. The van der Waals surface area contributed by atoms with Gasteiger partial charge in [0.15, 0.2) is 11.4 Å². The number of benzene rings is 2. The molecule has 2 aromatic heterocycles. The lowest BCUT2D eigenvalue weighted by atomic mass is 9.98. The molecule has 0 spiro atoms. The molecule has 0 fully saturated rings. The first-order valence-electron chi connectivity index (χ1n) is 11.1. The lowest BCUT2D eigenvalue weighted by Gasteiger charge is -2.36. The van der Waals surface area contributed by atoms with Crippen molar-refractivity contribution in [3.05, 3.63) is 87.5 Å². The quantitative estimate of drug-likeness (QED) is 0.512. The Bertz CT molecular complexity index is 1420. The largest absolute Gasteiger partial charge is 0.502 e. The highest BCUT2D eigenvalue weighted by molar-refractivity contribution is 5.96. The van der Waals surface area contributed by atoms with Crippen LogP contribution >= 0.6 is 0 Å². The second kappa shape index (κ2) is 8.20. The van der Waals surface area contributed by atoms with Crippen molar-refractivity contribution in [2.24, 2.45) is 7.05 Å². The molecule has 2 aromatic carbocycles. The van der Waals surface area contributed by atoms with Crippen LogP contribution in [0.3, 0.4) is 0 Å². The molecule has 1 atom stereocenters. The molecule has 0 aliphatic carbocycles. The van der Waals surface area contributed by atoms with Gasteiger partial charge in [-0.2, -0.15) is 10.2 Å². The van der Waals surface area contributed by atoms with E-state index in [4.69, 9.17) is 0 Å². The van der Waals surface area contributed by atoms with Gasteiger partial charge in [0.1, 0.15) is 0 Å². The van der Waals surface area contributed by atoms with Crippen LogP contribution in [0.5, 0.6) is 5.75 Å². The third kappa shape index (κ3) is 3.47. The fraction of sp³-hybridized carbons (Fsp3) is 0.280. The summed E-state index contributed by atoms with van der Waals surface area (Å²) in [4.78, 5) is 27.3. The van der Waals surface area contributed by atoms with Crippen LogP contribution in [0.2, 0.25) is 0 Å². The van der Waals surface area contributed by atoms with Crippen LogP contribution in [0, 0.1) is 0 Å². The van der Waals surface area contributed by atoms with Crippen molar-refractivity contribution in [2.75, 3.05) is 6.54 Å². The lowest BCUT2D eigenvalue weighted by Crippen LogP contribution is -2.45. The topological polar surface area (TPSA) is 93.2 Å². The smallest absolute Gasteiger partial charge is 0.276 e. The highest BCUT2D eigenvalue weighted by Crippen LogP contribution is 2.33. The molecule has 0 bridgehead atoms. The number of aromatic hydroxyl groups is 1. The summed E-state index contributed by atoms with van der Waals surface area (Å²) in [6, 6.07) is 13.6. The van der Waals surface area contributed by atoms with E-state index < -0.39 is 17.1 Å². The van der Waals surface area contributed by atoms with Crippen LogP contribution in [0.25, 0.3) is 10.9 Å². The van der Waals surface area contributed by atoms with Gasteiger partial charge in [-0.05, 0) is 29.2 Å². The van der Waals surface area contributed by atoms with E-state index in [-0.39, 0.29) is 11.7 Å². The summed E-state index contributed by atoms with van der Waals surface area (Å²) >= 11 is 0. The van der Waals surface area contributed by atoms with Crippen molar-refractivity contribution < 1.29 is 9.90 Å². The SMILES string of the molecule is CCCc1ccccc1CN1CC(c2cccc3c2cnn3C)n2ncc(=O)c(O)c2C1=O. The maximum Gasteiger partial charge on any atom is 0.276 e. The zero-order valence-electron chi connectivity index (χ0n) is 18.6. The van der Waals surface area contributed by atoms with Crippen molar-refractivity contribution in [1.82, 2.24) is 24.5 Å². The summed E-state index contributed by atoms with van der Waals surface area (Å²) < 4.78 is 3.28. The molecule has 1 aliphatic heterocycles. The normalized spacial score (nSPS) is 15.8. The van der Waals surface area contributed by atoms with Crippen LogP contribution in [0.1, 0.15) is 46.6 Å². The molecule has 0 radical (unpaired) electrons. The van der Waals surface area contributed by atoms with Gasteiger partial charge >= 0.3 is 0 Å². The van der Waals surface area contributed by atoms with Gasteiger partial charge in [0.05, 0.1) is 24.0 Å². The molecule has 1 amide bonds. The molecule has 168 valence electrons. The number of fused-ring (bicyclic) bond motifs is 2.